The van der Waals surface area contributed by atoms with Gasteiger partial charge in [-0.1, -0.05) is 20.8 Å². The molecule has 0 aromatic carbocycles. The summed E-state index contributed by atoms with van der Waals surface area (Å²) >= 11 is 0. The molecule has 1 rings (SSSR count). The maximum Gasteiger partial charge on any atom is 0.251 e. The van der Waals surface area contributed by atoms with Crippen LogP contribution in [0.3, 0.4) is 0 Å². The van der Waals surface area contributed by atoms with E-state index in [2.05, 4.69) is 31.1 Å². The quantitative estimate of drug-likeness (QED) is 0.389. The first-order valence-corrected chi connectivity index (χ1v) is 6.34. The maximum atomic E-state index is 11.8. The van der Waals surface area contributed by atoms with Crippen molar-refractivity contribution in [3.63, 3.8) is 0 Å². The van der Waals surface area contributed by atoms with Crippen molar-refractivity contribution >= 4 is 5.91 Å². The Kier molecular flexibility index (Phi) is 5.22. The average molecular weight is 227 g/mol. The summed E-state index contributed by atoms with van der Waals surface area (Å²) in [4.78, 5) is 14.1. The summed E-state index contributed by atoms with van der Waals surface area (Å²) in [6.45, 7) is 8.33. The molecule has 1 aliphatic rings. The van der Waals surface area contributed by atoms with E-state index in [0.717, 1.165) is 25.4 Å². The zero-order valence-corrected chi connectivity index (χ0v) is 10.7. The topological polar surface area (TPSA) is 58.4 Å². The van der Waals surface area contributed by atoms with Crippen molar-refractivity contribution in [3.8, 4) is 0 Å². The predicted molar refractivity (Wildman–Crippen MR) is 65.5 cm³/mol. The van der Waals surface area contributed by atoms with Gasteiger partial charge in [-0.05, 0) is 37.6 Å². The van der Waals surface area contributed by atoms with Crippen LogP contribution in [0.5, 0.6) is 0 Å². The second-order valence-corrected chi connectivity index (χ2v) is 5.14. The van der Waals surface area contributed by atoms with Gasteiger partial charge < -0.3 is 0 Å². The Morgan fingerprint density at radius 1 is 1.50 bits per heavy atom. The lowest BCUT2D eigenvalue weighted by molar-refractivity contribution is -0.128. The van der Waals surface area contributed by atoms with E-state index in [1.54, 1.807) is 0 Å². The van der Waals surface area contributed by atoms with E-state index >= 15 is 0 Å². The van der Waals surface area contributed by atoms with Crippen LogP contribution in [0.25, 0.3) is 0 Å². The summed E-state index contributed by atoms with van der Waals surface area (Å²) in [5, 5.41) is 0. The highest BCUT2D eigenvalue weighted by Crippen LogP contribution is 2.31. The van der Waals surface area contributed by atoms with E-state index in [1.807, 2.05) is 0 Å². The van der Waals surface area contributed by atoms with Gasteiger partial charge in [0.1, 0.15) is 0 Å². The third kappa shape index (κ3) is 3.76. The van der Waals surface area contributed by atoms with Crippen LogP contribution in [-0.4, -0.2) is 29.9 Å². The molecule has 1 saturated carbocycles. The van der Waals surface area contributed by atoms with Crippen LogP contribution in [0.4, 0.5) is 0 Å². The van der Waals surface area contributed by atoms with Gasteiger partial charge in [-0.15, -0.1) is 0 Å². The first-order valence-electron chi connectivity index (χ1n) is 6.34. The molecule has 0 spiro atoms. The van der Waals surface area contributed by atoms with Gasteiger partial charge in [-0.25, -0.2) is 5.84 Å². The predicted octanol–water partition coefficient (Wildman–Crippen LogP) is 1.12. The van der Waals surface area contributed by atoms with Gasteiger partial charge >= 0.3 is 0 Å². The van der Waals surface area contributed by atoms with Gasteiger partial charge in [0, 0.05) is 6.54 Å². The van der Waals surface area contributed by atoms with E-state index in [9.17, 15) is 4.79 Å². The van der Waals surface area contributed by atoms with Gasteiger partial charge in [-0.3, -0.25) is 15.1 Å². The van der Waals surface area contributed by atoms with E-state index in [0.29, 0.717) is 5.92 Å². The van der Waals surface area contributed by atoms with E-state index in [1.165, 1.54) is 12.8 Å². The summed E-state index contributed by atoms with van der Waals surface area (Å²) in [6, 6.07) is -0.0782. The van der Waals surface area contributed by atoms with E-state index in [4.69, 9.17) is 5.84 Å². The summed E-state index contributed by atoms with van der Waals surface area (Å²) in [7, 11) is 0. The fourth-order valence-corrected chi connectivity index (χ4v) is 2.24. The first-order chi connectivity index (χ1) is 7.60. The zero-order valence-electron chi connectivity index (χ0n) is 10.7. The lowest BCUT2D eigenvalue weighted by atomic mass is 10.0. The molecule has 0 aromatic heterocycles. The van der Waals surface area contributed by atoms with Gasteiger partial charge in [0.05, 0.1) is 6.04 Å². The van der Waals surface area contributed by atoms with Crippen molar-refractivity contribution in [1.82, 2.24) is 10.3 Å². The van der Waals surface area contributed by atoms with Crippen molar-refractivity contribution in [2.75, 3.05) is 13.1 Å². The van der Waals surface area contributed by atoms with Crippen molar-refractivity contribution in [3.05, 3.63) is 0 Å². The standard InChI is InChI=1S/C12H25N3O/c1-4-7-15(8-10-5-6-10)11(9(2)3)12(16)14-13/h9-11H,4-8,13H2,1-3H3,(H,14,16). The fourth-order valence-electron chi connectivity index (χ4n) is 2.24. The van der Waals surface area contributed by atoms with E-state index in [-0.39, 0.29) is 11.9 Å². The van der Waals surface area contributed by atoms with Crippen LogP contribution in [0.15, 0.2) is 0 Å². The molecule has 1 unspecified atom stereocenters. The first kappa shape index (κ1) is 13.5. The molecule has 0 radical (unpaired) electrons. The molecule has 94 valence electrons. The number of carbonyl (C=O) groups excluding carboxylic acids is 1. The SMILES string of the molecule is CCCN(CC1CC1)C(C(=O)NN)C(C)C. The molecule has 4 heteroatoms. The van der Waals surface area contributed by atoms with Crippen molar-refractivity contribution in [2.45, 2.75) is 46.1 Å². The van der Waals surface area contributed by atoms with Crippen LogP contribution < -0.4 is 11.3 Å². The molecule has 0 heterocycles. The summed E-state index contributed by atoms with van der Waals surface area (Å²) in [5.74, 6) is 6.32. The Morgan fingerprint density at radius 2 is 2.12 bits per heavy atom. The highest BCUT2D eigenvalue weighted by molar-refractivity contribution is 5.81. The van der Waals surface area contributed by atoms with Crippen LogP contribution in [0, 0.1) is 11.8 Å². The average Bonchev–Trinajstić information content (AvgIpc) is 3.01. The van der Waals surface area contributed by atoms with Crippen LogP contribution >= 0.6 is 0 Å². The number of hydrogen-bond acceptors (Lipinski definition) is 3. The minimum atomic E-state index is -0.0782. The fraction of sp³-hybridized carbons (Fsp3) is 0.917. The molecule has 0 bridgehead atoms. The number of carbonyl (C=O) groups is 1. The van der Waals surface area contributed by atoms with Gasteiger partial charge in [0.15, 0.2) is 0 Å². The number of nitrogens with two attached hydrogens (primary N) is 1. The Hall–Kier alpha value is -0.610. The third-order valence-corrected chi connectivity index (χ3v) is 3.14. The highest BCUT2D eigenvalue weighted by atomic mass is 16.2. The minimum absolute atomic E-state index is 0.0518. The molecule has 1 fully saturated rings. The molecule has 0 aromatic rings. The molecule has 3 N–H and O–H groups in total. The Labute approximate surface area is 98.5 Å². The van der Waals surface area contributed by atoms with Crippen molar-refractivity contribution in [2.24, 2.45) is 17.7 Å². The maximum absolute atomic E-state index is 11.8. The summed E-state index contributed by atoms with van der Waals surface area (Å²) in [6.07, 6.45) is 3.71. The number of nitrogens with one attached hydrogen (secondary N) is 1. The van der Waals surface area contributed by atoms with Crippen molar-refractivity contribution < 1.29 is 4.79 Å². The monoisotopic (exact) mass is 227 g/mol. The third-order valence-electron chi connectivity index (χ3n) is 3.14. The minimum Gasteiger partial charge on any atom is -0.293 e. The molecule has 0 saturated heterocycles. The molecule has 1 amide bonds. The second kappa shape index (κ2) is 6.21. The molecular weight excluding hydrogens is 202 g/mol. The van der Waals surface area contributed by atoms with E-state index < -0.39 is 0 Å². The Bertz CT molecular complexity index is 226. The lowest BCUT2D eigenvalue weighted by Crippen LogP contribution is -2.52. The van der Waals surface area contributed by atoms with Crippen LogP contribution in [0.2, 0.25) is 0 Å². The summed E-state index contributed by atoms with van der Waals surface area (Å²) < 4.78 is 0. The van der Waals surface area contributed by atoms with Gasteiger partial charge in [-0.2, -0.15) is 0 Å². The molecule has 4 nitrogen and oxygen atoms in total. The number of hydrogen-bond donors (Lipinski definition) is 2. The molecule has 16 heavy (non-hydrogen) atoms. The smallest absolute Gasteiger partial charge is 0.251 e. The lowest BCUT2D eigenvalue weighted by Gasteiger charge is -2.32. The van der Waals surface area contributed by atoms with Crippen LogP contribution in [-0.2, 0) is 4.79 Å². The largest absolute Gasteiger partial charge is 0.293 e. The molecule has 0 aliphatic heterocycles. The molecular formula is C12H25N3O. The van der Waals surface area contributed by atoms with Gasteiger partial charge in [0.2, 0.25) is 0 Å². The number of rotatable bonds is 7. The Balaban J connectivity index is 2.64. The number of hydrazine groups is 1. The zero-order chi connectivity index (χ0) is 12.1. The normalized spacial score (nSPS) is 17.9. The van der Waals surface area contributed by atoms with Gasteiger partial charge in [0.25, 0.3) is 5.91 Å². The molecule has 1 aliphatic carbocycles. The second-order valence-electron chi connectivity index (χ2n) is 5.14. The molecule has 1 atom stereocenters. The van der Waals surface area contributed by atoms with Crippen molar-refractivity contribution in [1.29, 1.82) is 0 Å². The number of amides is 1. The Morgan fingerprint density at radius 3 is 2.50 bits per heavy atom. The summed E-state index contributed by atoms with van der Waals surface area (Å²) in [5.41, 5.74) is 2.30. The highest BCUT2D eigenvalue weighted by Gasteiger charge is 2.32. The number of nitrogens with zero attached hydrogens (tertiary/aromatic N) is 1. The van der Waals surface area contributed by atoms with Crippen LogP contribution in [0.1, 0.15) is 40.0 Å².